The highest BCUT2D eigenvalue weighted by Crippen LogP contribution is 2.12. The Morgan fingerprint density at radius 3 is 2.52 bits per heavy atom. The first-order chi connectivity index (χ1) is 11.1. The van der Waals surface area contributed by atoms with E-state index in [-0.39, 0.29) is 0 Å². The van der Waals surface area contributed by atoms with Crippen LogP contribution < -0.4 is 11.2 Å². The molecule has 1 aromatic carbocycles. The van der Waals surface area contributed by atoms with Crippen molar-refractivity contribution in [1.29, 1.82) is 0 Å². The molecule has 0 saturated heterocycles. The predicted molar refractivity (Wildman–Crippen MR) is 85.5 cm³/mol. The Kier molecular flexibility index (Phi) is 2.90. The molecule has 0 fully saturated rings. The monoisotopic (exact) mass is 310 g/mol. The molecule has 4 aromatic rings. The lowest BCUT2D eigenvalue weighted by atomic mass is 10.3. The van der Waals surface area contributed by atoms with Gasteiger partial charge < -0.3 is 9.97 Å². The number of fused-ring (bicyclic) bond motifs is 2. The van der Waals surface area contributed by atoms with Crippen LogP contribution in [-0.4, -0.2) is 29.5 Å². The van der Waals surface area contributed by atoms with Crippen molar-refractivity contribution in [3.63, 3.8) is 0 Å². The maximum atomic E-state index is 11.8. The number of aromatic amines is 3. The van der Waals surface area contributed by atoms with Crippen LogP contribution in [0.3, 0.4) is 0 Å². The van der Waals surface area contributed by atoms with Crippen molar-refractivity contribution in [1.82, 2.24) is 29.5 Å². The largest absolute Gasteiger partial charge is 0.342 e. The van der Waals surface area contributed by atoms with Gasteiger partial charge in [0.05, 0.1) is 11.0 Å². The molecule has 8 nitrogen and oxygen atoms in total. The summed E-state index contributed by atoms with van der Waals surface area (Å²) in [5, 5.41) is 0. The van der Waals surface area contributed by atoms with E-state index in [4.69, 9.17) is 0 Å². The van der Waals surface area contributed by atoms with E-state index in [2.05, 4.69) is 24.9 Å². The fourth-order valence-electron chi connectivity index (χ4n) is 2.63. The quantitative estimate of drug-likeness (QED) is 0.514. The number of benzene rings is 1. The minimum absolute atomic E-state index is 0.312. The van der Waals surface area contributed by atoms with Gasteiger partial charge in [-0.3, -0.25) is 14.3 Å². The number of aromatic nitrogens is 6. The first-order valence-electron chi connectivity index (χ1n) is 7.23. The molecule has 0 bridgehead atoms. The second-order valence-electron chi connectivity index (χ2n) is 5.40. The van der Waals surface area contributed by atoms with Gasteiger partial charge in [-0.15, -0.1) is 0 Å². The van der Waals surface area contributed by atoms with Gasteiger partial charge in [0.15, 0.2) is 5.65 Å². The maximum Gasteiger partial charge on any atom is 0.329 e. The van der Waals surface area contributed by atoms with E-state index in [9.17, 15) is 9.59 Å². The van der Waals surface area contributed by atoms with E-state index in [1.807, 2.05) is 24.3 Å². The number of aryl methyl sites for hydroxylation is 3. The molecule has 3 heterocycles. The van der Waals surface area contributed by atoms with E-state index >= 15 is 0 Å². The highest BCUT2D eigenvalue weighted by Gasteiger charge is 2.11. The summed E-state index contributed by atoms with van der Waals surface area (Å²) in [4.78, 5) is 40.7. The first kappa shape index (κ1) is 13.5. The SMILES string of the molecule is Cn1c(=O)[nH]c(=O)c2[nH]c(CCc3nc4ccccc4[nH]3)nc21. The second-order valence-corrected chi connectivity index (χ2v) is 5.40. The summed E-state index contributed by atoms with van der Waals surface area (Å²) in [5.74, 6) is 1.50. The number of nitrogens with zero attached hydrogens (tertiary/aromatic N) is 3. The average Bonchev–Trinajstić information content (AvgIpc) is 3.14. The molecule has 3 N–H and O–H groups in total. The van der Waals surface area contributed by atoms with E-state index in [1.165, 1.54) is 4.57 Å². The molecule has 3 aromatic heterocycles. The summed E-state index contributed by atoms with van der Waals surface area (Å²) in [5.41, 5.74) is 1.66. The van der Waals surface area contributed by atoms with Gasteiger partial charge in [0.1, 0.15) is 17.2 Å². The van der Waals surface area contributed by atoms with Crippen molar-refractivity contribution in [3.05, 3.63) is 56.8 Å². The van der Waals surface area contributed by atoms with Gasteiger partial charge in [-0.25, -0.2) is 14.8 Å². The molecule has 116 valence electrons. The third-order valence-electron chi connectivity index (χ3n) is 3.84. The Balaban J connectivity index is 1.65. The maximum absolute atomic E-state index is 11.8. The van der Waals surface area contributed by atoms with Crippen molar-refractivity contribution in [2.45, 2.75) is 12.8 Å². The molecule has 8 heteroatoms. The van der Waals surface area contributed by atoms with Gasteiger partial charge in [0.2, 0.25) is 0 Å². The Morgan fingerprint density at radius 2 is 1.74 bits per heavy atom. The van der Waals surface area contributed by atoms with Crippen LogP contribution in [0, 0.1) is 0 Å². The molecule has 0 atom stereocenters. The van der Waals surface area contributed by atoms with Crippen LogP contribution in [0.4, 0.5) is 0 Å². The van der Waals surface area contributed by atoms with Crippen LogP contribution in [0.15, 0.2) is 33.9 Å². The zero-order valence-electron chi connectivity index (χ0n) is 12.4. The van der Waals surface area contributed by atoms with E-state index in [0.717, 1.165) is 16.9 Å². The van der Waals surface area contributed by atoms with E-state index < -0.39 is 11.2 Å². The summed E-state index contributed by atoms with van der Waals surface area (Å²) in [6, 6.07) is 7.82. The zero-order valence-corrected chi connectivity index (χ0v) is 12.4. The van der Waals surface area contributed by atoms with Crippen molar-refractivity contribution < 1.29 is 0 Å². The minimum atomic E-state index is -0.474. The van der Waals surface area contributed by atoms with Gasteiger partial charge >= 0.3 is 5.69 Å². The van der Waals surface area contributed by atoms with E-state index in [1.54, 1.807) is 7.05 Å². The number of imidazole rings is 2. The van der Waals surface area contributed by atoms with Gasteiger partial charge in [-0.2, -0.15) is 0 Å². The van der Waals surface area contributed by atoms with Crippen LogP contribution in [0.5, 0.6) is 0 Å². The number of hydrogen-bond acceptors (Lipinski definition) is 4. The summed E-state index contributed by atoms with van der Waals surface area (Å²) in [6.45, 7) is 0. The van der Waals surface area contributed by atoms with Crippen molar-refractivity contribution >= 4 is 22.2 Å². The number of hydrogen-bond donors (Lipinski definition) is 3. The van der Waals surface area contributed by atoms with Crippen LogP contribution in [0.2, 0.25) is 0 Å². The van der Waals surface area contributed by atoms with Gasteiger partial charge in [-0.05, 0) is 12.1 Å². The Labute approximate surface area is 129 Å². The molecule has 4 rings (SSSR count). The Morgan fingerprint density at radius 1 is 1.00 bits per heavy atom. The topological polar surface area (TPSA) is 112 Å². The lowest BCUT2D eigenvalue weighted by Crippen LogP contribution is -2.28. The summed E-state index contributed by atoms with van der Waals surface area (Å²) in [7, 11) is 1.57. The van der Waals surface area contributed by atoms with Gasteiger partial charge in [0.25, 0.3) is 5.56 Å². The van der Waals surface area contributed by atoms with Gasteiger partial charge in [-0.1, -0.05) is 12.1 Å². The summed E-state index contributed by atoms with van der Waals surface area (Å²) in [6.07, 6.45) is 1.24. The molecule has 23 heavy (non-hydrogen) atoms. The predicted octanol–water partition coefficient (Wildman–Crippen LogP) is 0.611. The lowest BCUT2D eigenvalue weighted by molar-refractivity contribution is 0.820. The highest BCUT2D eigenvalue weighted by atomic mass is 16.2. The molecule has 0 aliphatic heterocycles. The van der Waals surface area contributed by atoms with Crippen molar-refractivity contribution in [3.8, 4) is 0 Å². The number of rotatable bonds is 3. The van der Waals surface area contributed by atoms with Crippen molar-refractivity contribution in [2.75, 3.05) is 0 Å². The highest BCUT2D eigenvalue weighted by molar-refractivity contribution is 5.74. The first-order valence-corrected chi connectivity index (χ1v) is 7.23. The smallest absolute Gasteiger partial charge is 0.329 e. The van der Waals surface area contributed by atoms with Crippen LogP contribution in [0.1, 0.15) is 11.6 Å². The zero-order chi connectivity index (χ0) is 16.0. The standard InChI is InChI=1S/C15H14N6O2/c1-21-13-12(14(22)20-15(21)23)18-11(19-13)7-6-10-16-8-4-2-3-5-9(8)17-10/h2-5H,6-7H2,1H3,(H,16,17)(H,18,19)(H,20,22,23). The third kappa shape index (κ3) is 2.24. The number of para-hydroxylation sites is 2. The molecule has 0 radical (unpaired) electrons. The van der Waals surface area contributed by atoms with Crippen LogP contribution in [-0.2, 0) is 19.9 Å². The normalized spacial score (nSPS) is 11.5. The number of nitrogens with one attached hydrogen (secondary N) is 3. The fourth-order valence-corrected chi connectivity index (χ4v) is 2.63. The third-order valence-corrected chi connectivity index (χ3v) is 3.84. The van der Waals surface area contributed by atoms with E-state index in [0.29, 0.717) is 29.8 Å². The second kappa shape index (κ2) is 4.94. The minimum Gasteiger partial charge on any atom is -0.342 e. The van der Waals surface area contributed by atoms with Gasteiger partial charge in [0, 0.05) is 19.9 Å². The molecule has 0 amide bonds. The summed E-state index contributed by atoms with van der Waals surface area (Å²) >= 11 is 0. The average molecular weight is 310 g/mol. The molecule has 0 spiro atoms. The molecule has 0 saturated carbocycles. The Bertz CT molecular complexity index is 1100. The Hall–Kier alpha value is -3.16. The lowest BCUT2D eigenvalue weighted by Gasteiger charge is -1.95. The van der Waals surface area contributed by atoms with Crippen LogP contribution >= 0.6 is 0 Å². The molecule has 0 aliphatic rings. The number of H-pyrrole nitrogens is 3. The fraction of sp³-hybridized carbons (Fsp3) is 0.200. The summed E-state index contributed by atoms with van der Waals surface area (Å²) < 4.78 is 1.32. The molecular weight excluding hydrogens is 296 g/mol. The molecule has 0 aliphatic carbocycles. The van der Waals surface area contributed by atoms with Crippen LogP contribution in [0.25, 0.3) is 22.2 Å². The van der Waals surface area contributed by atoms with Crippen molar-refractivity contribution in [2.24, 2.45) is 7.05 Å². The molecule has 0 unspecified atom stereocenters. The molecular formula is C15H14N6O2.